The summed E-state index contributed by atoms with van der Waals surface area (Å²) in [5, 5.41) is 0. The van der Waals surface area contributed by atoms with E-state index in [0.29, 0.717) is 6.42 Å². The molecule has 0 fully saturated rings. The molecule has 108 valence electrons. The zero-order chi connectivity index (χ0) is 14.6. The minimum Gasteiger partial charge on any atom is -0.332 e. The van der Waals surface area contributed by atoms with E-state index in [1.807, 2.05) is 6.92 Å². The van der Waals surface area contributed by atoms with Crippen molar-refractivity contribution >= 4 is 5.91 Å². The van der Waals surface area contributed by atoms with Crippen LogP contribution in [-0.4, -0.2) is 36.1 Å². The van der Waals surface area contributed by atoms with Gasteiger partial charge in [0.25, 0.3) is 0 Å². The predicted molar refractivity (Wildman–Crippen MR) is 65.0 cm³/mol. The molecule has 0 saturated carbocycles. The van der Waals surface area contributed by atoms with Crippen LogP contribution in [0.15, 0.2) is 0 Å². The molecule has 0 aliphatic heterocycles. The molecule has 0 saturated heterocycles. The van der Waals surface area contributed by atoms with Crippen molar-refractivity contribution in [2.75, 3.05) is 13.1 Å². The standard InChI is InChI=1S/C12H23F3N2O/c1-5-6-7-17(8-12(13,14)15)10(18)9(16)11(2,3)4/h9H,5-8,16H2,1-4H3. The molecule has 1 amide bonds. The zero-order valence-electron chi connectivity index (χ0n) is 11.5. The number of unbranched alkanes of at least 4 members (excludes halogenated alkanes) is 1. The van der Waals surface area contributed by atoms with Gasteiger partial charge in [0.2, 0.25) is 5.91 Å². The van der Waals surface area contributed by atoms with Gasteiger partial charge in [-0.2, -0.15) is 13.2 Å². The van der Waals surface area contributed by atoms with Gasteiger partial charge in [-0.3, -0.25) is 4.79 Å². The van der Waals surface area contributed by atoms with E-state index in [2.05, 4.69) is 0 Å². The topological polar surface area (TPSA) is 46.3 Å². The first-order valence-corrected chi connectivity index (χ1v) is 6.10. The average Bonchev–Trinajstić information content (AvgIpc) is 2.19. The first-order valence-electron chi connectivity index (χ1n) is 6.10. The highest BCUT2D eigenvalue weighted by Gasteiger charge is 2.37. The lowest BCUT2D eigenvalue weighted by Gasteiger charge is -2.32. The summed E-state index contributed by atoms with van der Waals surface area (Å²) in [5.74, 6) is -0.631. The Labute approximate surface area is 107 Å². The number of rotatable bonds is 5. The van der Waals surface area contributed by atoms with Gasteiger partial charge in [0.15, 0.2) is 0 Å². The highest BCUT2D eigenvalue weighted by atomic mass is 19.4. The van der Waals surface area contributed by atoms with Gasteiger partial charge in [0.1, 0.15) is 6.54 Å². The first kappa shape index (κ1) is 17.2. The van der Waals surface area contributed by atoms with Crippen LogP contribution in [0.25, 0.3) is 0 Å². The number of halogens is 3. The molecule has 18 heavy (non-hydrogen) atoms. The Morgan fingerprint density at radius 3 is 2.11 bits per heavy atom. The lowest BCUT2D eigenvalue weighted by Crippen LogP contribution is -2.52. The Kier molecular flexibility index (Phi) is 6.13. The van der Waals surface area contributed by atoms with Crippen LogP contribution in [0.2, 0.25) is 0 Å². The zero-order valence-corrected chi connectivity index (χ0v) is 11.5. The minimum atomic E-state index is -4.39. The maximum Gasteiger partial charge on any atom is 0.406 e. The highest BCUT2D eigenvalue weighted by Crippen LogP contribution is 2.22. The first-order chi connectivity index (χ1) is 7.99. The Morgan fingerprint density at radius 1 is 1.28 bits per heavy atom. The van der Waals surface area contributed by atoms with Gasteiger partial charge in [-0.05, 0) is 11.8 Å². The molecule has 2 N–H and O–H groups in total. The fourth-order valence-electron chi connectivity index (χ4n) is 1.40. The van der Waals surface area contributed by atoms with E-state index in [-0.39, 0.29) is 6.54 Å². The average molecular weight is 268 g/mol. The summed E-state index contributed by atoms with van der Waals surface area (Å²) >= 11 is 0. The van der Waals surface area contributed by atoms with Crippen LogP contribution in [0.1, 0.15) is 40.5 Å². The third-order valence-electron chi connectivity index (χ3n) is 2.66. The number of nitrogens with zero attached hydrogens (tertiary/aromatic N) is 1. The van der Waals surface area contributed by atoms with E-state index in [4.69, 9.17) is 5.73 Å². The molecule has 3 nitrogen and oxygen atoms in total. The number of hydrogen-bond acceptors (Lipinski definition) is 2. The van der Waals surface area contributed by atoms with Gasteiger partial charge in [-0.15, -0.1) is 0 Å². The number of amides is 1. The van der Waals surface area contributed by atoms with E-state index >= 15 is 0 Å². The molecule has 0 heterocycles. The summed E-state index contributed by atoms with van der Waals surface area (Å²) in [4.78, 5) is 12.8. The summed E-state index contributed by atoms with van der Waals surface area (Å²) in [6.07, 6.45) is -3.12. The van der Waals surface area contributed by atoms with Crippen molar-refractivity contribution in [2.45, 2.75) is 52.8 Å². The normalized spacial score (nSPS) is 14.4. The van der Waals surface area contributed by atoms with Crippen molar-refractivity contribution in [2.24, 2.45) is 11.1 Å². The molecule has 0 aromatic rings. The van der Waals surface area contributed by atoms with Gasteiger partial charge in [0, 0.05) is 6.54 Å². The lowest BCUT2D eigenvalue weighted by atomic mass is 9.86. The molecule has 6 heteroatoms. The fraction of sp³-hybridized carbons (Fsp3) is 0.917. The molecular weight excluding hydrogens is 245 g/mol. The summed E-state index contributed by atoms with van der Waals surface area (Å²) in [5.41, 5.74) is 5.18. The van der Waals surface area contributed by atoms with Crippen LogP contribution in [0.4, 0.5) is 13.2 Å². The van der Waals surface area contributed by atoms with Crippen LogP contribution < -0.4 is 5.73 Å². The van der Waals surface area contributed by atoms with Crippen molar-refractivity contribution in [3.63, 3.8) is 0 Å². The number of alkyl halides is 3. The van der Waals surface area contributed by atoms with E-state index < -0.39 is 30.1 Å². The van der Waals surface area contributed by atoms with Crippen LogP contribution in [0, 0.1) is 5.41 Å². The van der Waals surface area contributed by atoms with Gasteiger partial charge >= 0.3 is 6.18 Å². The van der Waals surface area contributed by atoms with Crippen LogP contribution in [0.3, 0.4) is 0 Å². The molecule has 1 unspecified atom stereocenters. The molecule has 0 bridgehead atoms. The lowest BCUT2D eigenvalue weighted by molar-refractivity contribution is -0.163. The largest absolute Gasteiger partial charge is 0.406 e. The molecular formula is C12H23F3N2O. The Bertz CT molecular complexity index is 271. The fourth-order valence-corrected chi connectivity index (χ4v) is 1.40. The molecule has 0 aromatic carbocycles. The predicted octanol–water partition coefficient (Wildman–Crippen LogP) is 2.55. The van der Waals surface area contributed by atoms with Crippen molar-refractivity contribution in [3.05, 3.63) is 0 Å². The maximum absolute atomic E-state index is 12.4. The molecule has 0 aromatic heterocycles. The van der Waals surface area contributed by atoms with Crippen LogP contribution >= 0.6 is 0 Å². The number of carbonyl (C=O) groups excluding carboxylic acids is 1. The van der Waals surface area contributed by atoms with Crippen molar-refractivity contribution in [3.8, 4) is 0 Å². The monoisotopic (exact) mass is 268 g/mol. The maximum atomic E-state index is 12.4. The van der Waals surface area contributed by atoms with E-state index in [9.17, 15) is 18.0 Å². The second-order valence-electron chi connectivity index (χ2n) is 5.57. The van der Waals surface area contributed by atoms with Gasteiger partial charge in [-0.1, -0.05) is 34.1 Å². The summed E-state index contributed by atoms with van der Waals surface area (Å²) in [6.45, 7) is 5.94. The minimum absolute atomic E-state index is 0.0959. The summed E-state index contributed by atoms with van der Waals surface area (Å²) in [6, 6.07) is -0.920. The van der Waals surface area contributed by atoms with E-state index in [1.165, 1.54) is 0 Å². The highest BCUT2D eigenvalue weighted by molar-refractivity contribution is 5.82. The summed E-state index contributed by atoms with van der Waals surface area (Å²) < 4.78 is 37.3. The molecule has 0 aliphatic carbocycles. The van der Waals surface area contributed by atoms with Gasteiger partial charge < -0.3 is 10.6 Å². The summed E-state index contributed by atoms with van der Waals surface area (Å²) in [7, 11) is 0. The Balaban J connectivity index is 4.79. The molecule has 1 atom stereocenters. The second-order valence-corrected chi connectivity index (χ2v) is 5.57. The smallest absolute Gasteiger partial charge is 0.332 e. The molecule has 0 spiro atoms. The molecule has 0 aliphatic rings. The van der Waals surface area contributed by atoms with Crippen molar-refractivity contribution in [1.29, 1.82) is 0 Å². The number of carbonyl (C=O) groups is 1. The van der Waals surface area contributed by atoms with E-state index in [0.717, 1.165) is 11.3 Å². The SMILES string of the molecule is CCCCN(CC(F)(F)F)C(=O)C(N)C(C)(C)C. The van der Waals surface area contributed by atoms with Crippen LogP contribution in [-0.2, 0) is 4.79 Å². The third-order valence-corrected chi connectivity index (χ3v) is 2.66. The number of hydrogen-bond donors (Lipinski definition) is 1. The Hall–Kier alpha value is -0.780. The van der Waals surface area contributed by atoms with Crippen molar-refractivity contribution < 1.29 is 18.0 Å². The molecule has 0 rings (SSSR count). The van der Waals surface area contributed by atoms with E-state index in [1.54, 1.807) is 20.8 Å². The van der Waals surface area contributed by atoms with Gasteiger partial charge in [0.05, 0.1) is 6.04 Å². The van der Waals surface area contributed by atoms with Gasteiger partial charge in [-0.25, -0.2) is 0 Å². The van der Waals surface area contributed by atoms with Crippen molar-refractivity contribution in [1.82, 2.24) is 4.90 Å². The number of nitrogens with two attached hydrogens (primary N) is 1. The Morgan fingerprint density at radius 2 is 1.78 bits per heavy atom. The third kappa shape index (κ3) is 6.23. The van der Waals surface area contributed by atoms with Crippen LogP contribution in [0.5, 0.6) is 0 Å². The second kappa shape index (κ2) is 6.41. The quantitative estimate of drug-likeness (QED) is 0.833. The molecule has 0 radical (unpaired) electrons.